The summed E-state index contributed by atoms with van der Waals surface area (Å²) in [4.78, 5) is 2.17. The number of nitrogens with zero attached hydrogens (tertiary/aromatic N) is 1. The molecule has 1 aromatic carbocycles. The molecule has 0 aliphatic heterocycles. The molecule has 0 aromatic heterocycles. The molecule has 0 heterocycles. The van der Waals surface area contributed by atoms with Crippen molar-refractivity contribution in [2.75, 3.05) is 18.5 Å². The monoisotopic (exact) mass is 310 g/mol. The Morgan fingerprint density at radius 2 is 2.00 bits per heavy atom. The molecule has 3 nitrogen and oxygen atoms in total. The van der Waals surface area contributed by atoms with E-state index in [1.54, 1.807) is 0 Å². The first-order valence-corrected chi connectivity index (χ1v) is 8.23. The second kappa shape index (κ2) is 6.99. The van der Waals surface area contributed by atoms with E-state index in [4.69, 9.17) is 11.6 Å². The highest BCUT2D eigenvalue weighted by molar-refractivity contribution is 6.30. The van der Waals surface area contributed by atoms with Crippen LogP contribution in [0.25, 0.3) is 0 Å². The van der Waals surface area contributed by atoms with Gasteiger partial charge in [-0.2, -0.15) is 0 Å². The number of halogens is 1. The van der Waals surface area contributed by atoms with Crippen LogP contribution in [0.1, 0.15) is 45.1 Å². The molecular weight excluding hydrogens is 284 g/mol. The molecule has 0 radical (unpaired) electrons. The standard InChI is InChI=1S/C17H27ClN2O/c1-13(2)19-11-14-10-15(18)6-7-16(14)20(3)12-17(21)8-4-5-9-17/h6-7,10,13,19,21H,4-5,8-9,11-12H2,1-3H3. The Bertz CT molecular complexity index is 470. The average molecular weight is 311 g/mol. The molecule has 1 aliphatic carbocycles. The third-order valence-corrected chi connectivity index (χ3v) is 4.45. The quantitative estimate of drug-likeness (QED) is 0.843. The number of aliphatic hydroxyl groups is 1. The van der Waals surface area contributed by atoms with E-state index in [1.807, 2.05) is 12.1 Å². The smallest absolute Gasteiger partial charge is 0.0821 e. The summed E-state index contributed by atoms with van der Waals surface area (Å²) in [6, 6.07) is 6.42. The largest absolute Gasteiger partial charge is 0.388 e. The van der Waals surface area contributed by atoms with Crippen molar-refractivity contribution in [1.29, 1.82) is 0 Å². The van der Waals surface area contributed by atoms with Gasteiger partial charge in [0.25, 0.3) is 0 Å². The van der Waals surface area contributed by atoms with Gasteiger partial charge in [-0.25, -0.2) is 0 Å². The zero-order valence-corrected chi connectivity index (χ0v) is 14.1. The Morgan fingerprint density at radius 3 is 2.62 bits per heavy atom. The first-order valence-electron chi connectivity index (χ1n) is 7.85. The molecule has 0 atom stereocenters. The van der Waals surface area contributed by atoms with Crippen molar-refractivity contribution in [2.24, 2.45) is 0 Å². The van der Waals surface area contributed by atoms with E-state index in [0.29, 0.717) is 12.6 Å². The van der Waals surface area contributed by atoms with E-state index in [-0.39, 0.29) is 0 Å². The molecule has 2 N–H and O–H groups in total. The van der Waals surface area contributed by atoms with Gasteiger partial charge < -0.3 is 15.3 Å². The lowest BCUT2D eigenvalue weighted by atomic mass is 10.0. The van der Waals surface area contributed by atoms with Gasteiger partial charge in [0.2, 0.25) is 0 Å². The maximum atomic E-state index is 10.6. The number of benzene rings is 1. The molecular formula is C17H27ClN2O. The van der Waals surface area contributed by atoms with Crippen molar-refractivity contribution in [3.8, 4) is 0 Å². The van der Waals surface area contributed by atoms with Crippen LogP contribution < -0.4 is 10.2 Å². The third kappa shape index (κ3) is 4.60. The molecule has 1 fully saturated rings. The predicted octanol–water partition coefficient (Wildman–Crippen LogP) is 3.58. The van der Waals surface area contributed by atoms with Gasteiger partial charge in [0.05, 0.1) is 5.60 Å². The van der Waals surface area contributed by atoms with Crippen LogP contribution in [-0.2, 0) is 6.54 Å². The minimum Gasteiger partial charge on any atom is -0.388 e. The number of likely N-dealkylation sites (N-methyl/N-ethyl adjacent to an activating group) is 1. The minimum atomic E-state index is -0.531. The Morgan fingerprint density at radius 1 is 1.33 bits per heavy atom. The van der Waals surface area contributed by atoms with E-state index in [2.05, 4.69) is 37.2 Å². The van der Waals surface area contributed by atoms with Crippen molar-refractivity contribution >= 4 is 17.3 Å². The maximum Gasteiger partial charge on any atom is 0.0821 e. The van der Waals surface area contributed by atoms with E-state index in [9.17, 15) is 5.11 Å². The zero-order valence-electron chi connectivity index (χ0n) is 13.3. The Balaban J connectivity index is 2.13. The van der Waals surface area contributed by atoms with Gasteiger partial charge in [0.1, 0.15) is 0 Å². The molecule has 1 aliphatic rings. The summed E-state index contributed by atoms with van der Waals surface area (Å²) in [6.45, 7) is 5.74. The third-order valence-electron chi connectivity index (χ3n) is 4.22. The van der Waals surface area contributed by atoms with Crippen molar-refractivity contribution < 1.29 is 5.11 Å². The van der Waals surface area contributed by atoms with E-state index in [1.165, 1.54) is 5.56 Å². The summed E-state index contributed by atoms with van der Waals surface area (Å²) >= 11 is 6.14. The minimum absolute atomic E-state index is 0.432. The fourth-order valence-corrected chi connectivity index (χ4v) is 3.29. The fraction of sp³-hybridized carbons (Fsp3) is 0.647. The molecule has 0 saturated heterocycles. The van der Waals surface area contributed by atoms with Gasteiger partial charge in [-0.3, -0.25) is 0 Å². The van der Waals surface area contributed by atoms with Crippen molar-refractivity contribution in [3.63, 3.8) is 0 Å². The molecule has 1 saturated carbocycles. The lowest BCUT2D eigenvalue weighted by Crippen LogP contribution is -2.39. The van der Waals surface area contributed by atoms with Gasteiger partial charge in [0, 0.05) is 36.9 Å². The second-order valence-electron chi connectivity index (χ2n) is 6.60. The molecule has 4 heteroatoms. The van der Waals surface area contributed by atoms with E-state index in [0.717, 1.165) is 42.9 Å². The molecule has 0 spiro atoms. The number of hydrogen-bond donors (Lipinski definition) is 2. The van der Waals surface area contributed by atoms with Crippen LogP contribution >= 0.6 is 11.6 Å². The average Bonchev–Trinajstić information content (AvgIpc) is 2.82. The highest BCUT2D eigenvalue weighted by atomic mass is 35.5. The van der Waals surface area contributed by atoms with Crippen molar-refractivity contribution in [1.82, 2.24) is 5.32 Å². The Labute approximate surface area is 133 Å². The molecule has 2 rings (SSSR count). The summed E-state index contributed by atoms with van der Waals surface area (Å²) in [5, 5.41) is 14.8. The fourth-order valence-electron chi connectivity index (χ4n) is 3.10. The van der Waals surface area contributed by atoms with E-state index >= 15 is 0 Å². The normalized spacial score (nSPS) is 17.4. The van der Waals surface area contributed by atoms with Gasteiger partial charge in [-0.05, 0) is 36.6 Å². The molecule has 118 valence electrons. The maximum absolute atomic E-state index is 10.6. The number of rotatable bonds is 6. The van der Waals surface area contributed by atoms with Crippen LogP contribution in [0, 0.1) is 0 Å². The van der Waals surface area contributed by atoms with Crippen LogP contribution in [-0.4, -0.2) is 30.3 Å². The Hall–Kier alpha value is -0.770. The molecule has 0 bridgehead atoms. The van der Waals surface area contributed by atoms with Gasteiger partial charge in [0.15, 0.2) is 0 Å². The number of anilines is 1. The highest BCUT2D eigenvalue weighted by Crippen LogP contribution is 2.32. The van der Waals surface area contributed by atoms with Crippen LogP contribution in [0.4, 0.5) is 5.69 Å². The summed E-state index contributed by atoms with van der Waals surface area (Å²) in [7, 11) is 2.05. The van der Waals surface area contributed by atoms with Crippen LogP contribution in [0.5, 0.6) is 0 Å². The molecule has 0 amide bonds. The SMILES string of the molecule is CC(C)NCc1cc(Cl)ccc1N(C)CC1(O)CCCC1. The first kappa shape index (κ1) is 16.6. The number of nitrogens with one attached hydrogen (secondary N) is 1. The van der Waals surface area contributed by atoms with E-state index < -0.39 is 5.60 Å². The molecule has 0 unspecified atom stereocenters. The van der Waals surface area contributed by atoms with Crippen LogP contribution in [0.2, 0.25) is 5.02 Å². The topological polar surface area (TPSA) is 35.5 Å². The molecule has 1 aromatic rings. The summed E-state index contributed by atoms with van der Waals surface area (Å²) in [6.07, 6.45) is 4.08. The Kier molecular flexibility index (Phi) is 5.53. The summed E-state index contributed by atoms with van der Waals surface area (Å²) < 4.78 is 0. The van der Waals surface area contributed by atoms with Gasteiger partial charge >= 0.3 is 0 Å². The zero-order chi connectivity index (χ0) is 15.5. The van der Waals surface area contributed by atoms with Crippen molar-refractivity contribution in [3.05, 3.63) is 28.8 Å². The lowest BCUT2D eigenvalue weighted by molar-refractivity contribution is 0.0559. The van der Waals surface area contributed by atoms with Crippen LogP contribution in [0.15, 0.2) is 18.2 Å². The van der Waals surface area contributed by atoms with Gasteiger partial charge in [-0.15, -0.1) is 0 Å². The predicted molar refractivity (Wildman–Crippen MR) is 90.1 cm³/mol. The number of hydrogen-bond acceptors (Lipinski definition) is 3. The summed E-state index contributed by atoms with van der Waals surface area (Å²) in [5.41, 5.74) is 1.80. The second-order valence-corrected chi connectivity index (χ2v) is 7.03. The lowest BCUT2D eigenvalue weighted by Gasteiger charge is -2.31. The first-order chi connectivity index (χ1) is 9.89. The van der Waals surface area contributed by atoms with Crippen molar-refractivity contribution in [2.45, 2.75) is 57.7 Å². The van der Waals surface area contributed by atoms with Gasteiger partial charge in [-0.1, -0.05) is 38.3 Å². The highest BCUT2D eigenvalue weighted by Gasteiger charge is 2.32. The van der Waals surface area contributed by atoms with Crippen LogP contribution in [0.3, 0.4) is 0 Å². The summed E-state index contributed by atoms with van der Waals surface area (Å²) in [5.74, 6) is 0. The molecule has 21 heavy (non-hydrogen) atoms.